The summed E-state index contributed by atoms with van der Waals surface area (Å²) in [4.78, 5) is 23.7. The molecule has 1 heterocycles. The first-order chi connectivity index (χ1) is 12.9. The number of ether oxygens (including phenoxy) is 3. The van der Waals surface area contributed by atoms with E-state index in [1.807, 2.05) is 30.3 Å². The largest absolute Gasteiger partial charge is 0.496 e. The normalized spacial score (nSPS) is 21.7. The van der Waals surface area contributed by atoms with Gasteiger partial charge >= 0.3 is 11.9 Å². The van der Waals surface area contributed by atoms with Crippen molar-refractivity contribution in [2.75, 3.05) is 20.8 Å². The molecule has 0 aromatic heterocycles. The first kappa shape index (κ1) is 18.9. The topological polar surface area (TPSA) is 73.9 Å². The Morgan fingerprint density at radius 2 is 2.00 bits per heavy atom. The monoisotopic (exact) mass is 369 g/mol. The van der Waals surface area contributed by atoms with E-state index in [-0.39, 0.29) is 5.97 Å². The lowest BCUT2D eigenvalue weighted by Crippen LogP contribution is -2.34. The van der Waals surface area contributed by atoms with Crippen LogP contribution in [0.5, 0.6) is 5.75 Å². The fourth-order valence-electron chi connectivity index (χ4n) is 3.62. The third kappa shape index (κ3) is 3.53. The van der Waals surface area contributed by atoms with Gasteiger partial charge in [0.15, 0.2) is 5.60 Å². The summed E-state index contributed by atoms with van der Waals surface area (Å²) in [5.74, 6) is -0.0272. The van der Waals surface area contributed by atoms with E-state index in [0.717, 1.165) is 27.6 Å². The zero-order valence-corrected chi connectivity index (χ0v) is 15.7. The lowest BCUT2D eigenvalue weighted by atomic mass is 9.88. The summed E-state index contributed by atoms with van der Waals surface area (Å²) in [5.41, 5.74) is 0.776. The van der Waals surface area contributed by atoms with Crippen LogP contribution < -0.4 is 10.1 Å². The van der Waals surface area contributed by atoms with Gasteiger partial charge < -0.3 is 14.2 Å². The molecule has 3 rings (SSSR count). The molecule has 27 heavy (non-hydrogen) atoms. The highest BCUT2D eigenvalue weighted by molar-refractivity contribution is 5.88. The number of rotatable bonds is 5. The molecule has 1 saturated heterocycles. The molecule has 6 nitrogen and oxygen atoms in total. The van der Waals surface area contributed by atoms with Crippen LogP contribution >= 0.6 is 0 Å². The van der Waals surface area contributed by atoms with Gasteiger partial charge in [-0.3, -0.25) is 14.9 Å². The number of nitrogens with one attached hydrogen (secondary N) is 1. The van der Waals surface area contributed by atoms with E-state index >= 15 is 0 Å². The smallest absolute Gasteiger partial charge is 0.323 e. The average Bonchev–Trinajstić information content (AvgIpc) is 3.10. The maximum absolute atomic E-state index is 11.9. The van der Waals surface area contributed by atoms with Crippen LogP contribution in [0.4, 0.5) is 0 Å². The van der Waals surface area contributed by atoms with Gasteiger partial charge in [-0.2, -0.15) is 0 Å². The van der Waals surface area contributed by atoms with Gasteiger partial charge in [0.05, 0.1) is 14.2 Å². The molecule has 2 aromatic rings. The van der Waals surface area contributed by atoms with E-state index in [4.69, 9.17) is 14.2 Å². The molecule has 0 radical (unpaired) electrons. The Kier molecular flexibility index (Phi) is 5.19. The zero-order chi connectivity index (χ0) is 19.6. The van der Waals surface area contributed by atoms with Crippen molar-refractivity contribution < 1.29 is 23.8 Å². The third-order valence-electron chi connectivity index (χ3n) is 4.93. The second-order valence-electron chi connectivity index (χ2n) is 6.61. The van der Waals surface area contributed by atoms with Crippen molar-refractivity contribution in [1.29, 1.82) is 0 Å². The van der Waals surface area contributed by atoms with Crippen LogP contribution in [0, 0.1) is 0 Å². The average molecular weight is 369 g/mol. The minimum Gasteiger partial charge on any atom is -0.496 e. The summed E-state index contributed by atoms with van der Waals surface area (Å²) < 4.78 is 15.9. The number of hydrogen-bond donors (Lipinski definition) is 1. The number of carbonyl (C=O) groups is 2. The molecular weight excluding hydrogens is 346 g/mol. The lowest BCUT2D eigenvalue weighted by Gasteiger charge is -2.29. The Morgan fingerprint density at radius 1 is 1.22 bits per heavy atom. The van der Waals surface area contributed by atoms with E-state index in [2.05, 4.69) is 11.9 Å². The fraction of sp³-hybridized carbons (Fsp3) is 0.333. The van der Waals surface area contributed by atoms with Gasteiger partial charge in [-0.1, -0.05) is 24.8 Å². The molecule has 1 unspecified atom stereocenters. The number of hydrogen-bond acceptors (Lipinski definition) is 6. The van der Waals surface area contributed by atoms with Crippen LogP contribution in [0.25, 0.3) is 16.8 Å². The predicted octanol–water partition coefficient (Wildman–Crippen LogP) is 2.78. The minimum atomic E-state index is -0.923. The van der Waals surface area contributed by atoms with Crippen molar-refractivity contribution in [2.45, 2.75) is 25.0 Å². The van der Waals surface area contributed by atoms with Gasteiger partial charge in [0.1, 0.15) is 11.8 Å². The highest BCUT2D eigenvalue weighted by Crippen LogP contribution is 2.38. The summed E-state index contributed by atoms with van der Waals surface area (Å²) in [7, 11) is 2.96. The van der Waals surface area contributed by atoms with E-state index < -0.39 is 17.6 Å². The predicted molar refractivity (Wildman–Crippen MR) is 102 cm³/mol. The van der Waals surface area contributed by atoms with Crippen molar-refractivity contribution in [1.82, 2.24) is 5.32 Å². The van der Waals surface area contributed by atoms with Crippen molar-refractivity contribution in [3.63, 3.8) is 0 Å². The Balaban J connectivity index is 2.07. The molecule has 1 fully saturated rings. The molecule has 0 spiro atoms. The molecule has 0 aliphatic carbocycles. The molecule has 6 heteroatoms. The van der Waals surface area contributed by atoms with E-state index in [0.29, 0.717) is 13.0 Å². The molecule has 1 aliphatic heterocycles. The third-order valence-corrected chi connectivity index (χ3v) is 4.93. The Bertz CT molecular complexity index is 907. The SMILES string of the molecule is C=Cc1cc2cc(C3(OC(C)=O)CN[C@H](C(=O)OC)C3)ccc2cc1OC. The van der Waals surface area contributed by atoms with Crippen molar-refractivity contribution in [3.05, 3.63) is 48.0 Å². The van der Waals surface area contributed by atoms with Crippen molar-refractivity contribution in [2.24, 2.45) is 0 Å². The number of benzene rings is 2. The quantitative estimate of drug-likeness (QED) is 0.817. The van der Waals surface area contributed by atoms with Crippen LogP contribution in [-0.2, 0) is 24.7 Å². The molecule has 2 atom stereocenters. The Morgan fingerprint density at radius 3 is 2.63 bits per heavy atom. The van der Waals surface area contributed by atoms with E-state index in [1.54, 1.807) is 13.2 Å². The first-order valence-electron chi connectivity index (χ1n) is 8.68. The van der Waals surface area contributed by atoms with Crippen LogP contribution in [0.3, 0.4) is 0 Å². The van der Waals surface area contributed by atoms with Crippen LogP contribution in [0.1, 0.15) is 24.5 Å². The molecular formula is C21H23NO5. The second-order valence-corrected chi connectivity index (χ2v) is 6.61. The molecule has 1 aliphatic rings. The van der Waals surface area contributed by atoms with Gasteiger partial charge in [-0.05, 0) is 34.5 Å². The van der Waals surface area contributed by atoms with Crippen molar-refractivity contribution in [3.8, 4) is 5.75 Å². The highest BCUT2D eigenvalue weighted by Gasteiger charge is 2.46. The molecule has 0 saturated carbocycles. The van der Waals surface area contributed by atoms with E-state index in [1.165, 1.54) is 14.0 Å². The van der Waals surface area contributed by atoms with Gasteiger partial charge in [0.25, 0.3) is 0 Å². The van der Waals surface area contributed by atoms with Gasteiger partial charge in [0.2, 0.25) is 0 Å². The van der Waals surface area contributed by atoms with E-state index in [9.17, 15) is 9.59 Å². The number of fused-ring (bicyclic) bond motifs is 1. The standard InChI is InChI=1S/C21H23NO5/c1-5-14-8-16-9-17(7-6-15(16)10-19(14)25-3)21(27-13(2)23)11-18(22-12-21)20(24)26-4/h5-10,18,22H,1,11-12H2,2-4H3/t18-,21?/m0/s1. The number of esters is 2. The molecule has 2 aromatic carbocycles. The maximum Gasteiger partial charge on any atom is 0.323 e. The fourth-order valence-corrected chi connectivity index (χ4v) is 3.62. The summed E-state index contributed by atoms with van der Waals surface area (Å²) >= 11 is 0. The molecule has 142 valence electrons. The summed E-state index contributed by atoms with van der Waals surface area (Å²) in [5, 5.41) is 5.07. The van der Waals surface area contributed by atoms with Gasteiger partial charge in [0, 0.05) is 25.5 Å². The number of carbonyl (C=O) groups excluding carboxylic acids is 2. The zero-order valence-electron chi connectivity index (χ0n) is 15.7. The highest BCUT2D eigenvalue weighted by atomic mass is 16.6. The van der Waals surface area contributed by atoms with Crippen LogP contribution in [0.15, 0.2) is 36.9 Å². The summed E-state index contributed by atoms with van der Waals surface area (Å²) in [6.07, 6.45) is 2.05. The van der Waals surface area contributed by atoms with Gasteiger partial charge in [-0.25, -0.2) is 0 Å². The summed E-state index contributed by atoms with van der Waals surface area (Å²) in [6, 6.07) is 9.25. The Labute approximate surface area is 158 Å². The Hall–Kier alpha value is -2.86. The van der Waals surface area contributed by atoms with Crippen LogP contribution in [0.2, 0.25) is 0 Å². The first-order valence-corrected chi connectivity index (χ1v) is 8.68. The van der Waals surface area contributed by atoms with Crippen molar-refractivity contribution >= 4 is 28.8 Å². The van der Waals surface area contributed by atoms with Gasteiger partial charge in [-0.15, -0.1) is 0 Å². The summed E-state index contributed by atoms with van der Waals surface area (Å²) in [6.45, 7) is 5.53. The second kappa shape index (κ2) is 7.40. The molecule has 0 amide bonds. The minimum absolute atomic E-state index is 0.315. The molecule has 1 N–H and O–H groups in total. The molecule has 0 bridgehead atoms. The number of methoxy groups -OCH3 is 2. The van der Waals surface area contributed by atoms with Crippen LogP contribution in [-0.4, -0.2) is 38.7 Å². The maximum atomic E-state index is 11.9. The lowest BCUT2D eigenvalue weighted by molar-refractivity contribution is -0.157.